The molecule has 0 rings (SSSR count). The third kappa shape index (κ3) is 45.1. The van der Waals surface area contributed by atoms with Crippen molar-refractivity contribution in [3.8, 4) is 0 Å². The Morgan fingerprint density at radius 1 is 0.339 bits per heavy atom. The van der Waals surface area contributed by atoms with Crippen molar-refractivity contribution in [2.75, 3.05) is 13.2 Å². The molecule has 56 heavy (non-hydrogen) atoms. The summed E-state index contributed by atoms with van der Waals surface area (Å²) in [5, 5.41) is 0. The molecule has 0 heterocycles. The van der Waals surface area contributed by atoms with E-state index >= 15 is 0 Å². The molecule has 0 aromatic carbocycles. The molecule has 0 aliphatic carbocycles. The lowest BCUT2D eigenvalue weighted by Crippen LogP contribution is -2.28. The van der Waals surface area contributed by atoms with E-state index in [0.29, 0.717) is 19.3 Å². The van der Waals surface area contributed by atoms with Gasteiger partial charge in [-0.05, 0) is 12.8 Å². The molecule has 0 radical (unpaired) electrons. The molecule has 0 aromatic heterocycles. The molecule has 0 aliphatic rings. The normalized spacial score (nSPS) is 11.3. The van der Waals surface area contributed by atoms with Crippen LogP contribution in [0.5, 0.6) is 0 Å². The van der Waals surface area contributed by atoms with Crippen molar-refractivity contribution in [1.29, 1.82) is 0 Å². The smallest absolute Gasteiger partial charge is 0.305 e. The Labute approximate surface area is 348 Å². The van der Waals surface area contributed by atoms with Crippen molar-refractivity contribution >= 4 is 18.4 Å². The summed E-state index contributed by atoms with van der Waals surface area (Å²) in [7, 11) is 0. The zero-order valence-electron chi connectivity index (χ0n) is 37.7. The fraction of sp³-hybridized carbons (Fsp3) is 0.940. The minimum atomic E-state index is -0.759. The van der Waals surface area contributed by atoms with Gasteiger partial charge in [-0.2, -0.15) is 0 Å². The van der Waals surface area contributed by atoms with Gasteiger partial charge in [0, 0.05) is 12.8 Å². The van der Waals surface area contributed by atoms with Crippen LogP contribution in [0.4, 0.5) is 0 Å². The van der Waals surface area contributed by atoms with Crippen molar-refractivity contribution in [1.82, 2.24) is 0 Å². The Hall–Kier alpha value is -1.59. The first-order valence-corrected chi connectivity index (χ1v) is 25.0. The number of carbonyl (C=O) groups is 3. The summed E-state index contributed by atoms with van der Waals surface area (Å²) in [6.45, 7) is 4.73. The molecule has 0 spiro atoms. The standard InChI is InChI=1S/C50H96O6/c1-3-5-7-9-11-13-15-17-19-21-23-25-27-29-31-33-35-37-39-41-43-49(52)54-45-48(56-47-51)46-55-50(53)44-42-40-38-36-34-32-30-28-26-24-22-20-18-16-14-12-10-8-6-4-2/h47-48H,3-46H2,1-2H3. The van der Waals surface area contributed by atoms with Crippen molar-refractivity contribution in [2.24, 2.45) is 0 Å². The Bertz CT molecular complexity index is 740. The Morgan fingerprint density at radius 3 is 0.732 bits per heavy atom. The van der Waals surface area contributed by atoms with E-state index in [4.69, 9.17) is 14.2 Å². The quantitative estimate of drug-likeness (QED) is 0.0264. The molecule has 0 bridgehead atoms. The van der Waals surface area contributed by atoms with Gasteiger partial charge in [0.25, 0.3) is 6.47 Å². The van der Waals surface area contributed by atoms with Crippen LogP contribution in [0, 0.1) is 0 Å². The van der Waals surface area contributed by atoms with Gasteiger partial charge in [-0.25, -0.2) is 0 Å². The van der Waals surface area contributed by atoms with Crippen LogP contribution in [0.15, 0.2) is 0 Å². The van der Waals surface area contributed by atoms with E-state index < -0.39 is 6.10 Å². The van der Waals surface area contributed by atoms with E-state index in [2.05, 4.69) is 13.8 Å². The second-order valence-corrected chi connectivity index (χ2v) is 17.2. The number of esters is 2. The van der Waals surface area contributed by atoms with Gasteiger partial charge in [-0.1, -0.05) is 258 Å². The predicted octanol–water partition coefficient (Wildman–Crippen LogP) is 16.0. The lowest BCUT2D eigenvalue weighted by Gasteiger charge is -2.15. The summed E-state index contributed by atoms with van der Waals surface area (Å²) in [5.74, 6) is -0.579. The largest absolute Gasteiger partial charge is 0.462 e. The van der Waals surface area contributed by atoms with Crippen LogP contribution in [-0.4, -0.2) is 37.7 Å². The van der Waals surface area contributed by atoms with Gasteiger partial charge < -0.3 is 14.2 Å². The molecule has 0 N–H and O–H groups in total. The summed E-state index contributed by atoms with van der Waals surface area (Å²) in [6.07, 6.45) is 53.0. The van der Waals surface area contributed by atoms with Crippen molar-refractivity contribution in [2.45, 2.75) is 290 Å². The highest BCUT2D eigenvalue weighted by Crippen LogP contribution is 2.17. The summed E-state index contributed by atoms with van der Waals surface area (Å²) in [5.41, 5.74) is 0. The average Bonchev–Trinajstić information content (AvgIpc) is 3.20. The second-order valence-electron chi connectivity index (χ2n) is 17.2. The Balaban J connectivity index is 3.51. The summed E-state index contributed by atoms with van der Waals surface area (Å²) >= 11 is 0. The van der Waals surface area contributed by atoms with Crippen molar-refractivity contribution in [3.05, 3.63) is 0 Å². The second kappa shape index (κ2) is 47.8. The van der Waals surface area contributed by atoms with Crippen LogP contribution < -0.4 is 0 Å². The SMILES string of the molecule is CCCCCCCCCCCCCCCCCCCCCCC(=O)OCC(COC(=O)CCCCCCCCCCCCCCCCCCCCCC)OC=O. The molecule has 0 saturated carbocycles. The van der Waals surface area contributed by atoms with Gasteiger partial charge in [0.15, 0.2) is 6.10 Å². The maximum absolute atomic E-state index is 12.2. The lowest BCUT2D eigenvalue weighted by molar-refractivity contribution is -0.159. The Morgan fingerprint density at radius 2 is 0.536 bits per heavy atom. The van der Waals surface area contributed by atoms with Crippen molar-refractivity contribution in [3.63, 3.8) is 0 Å². The van der Waals surface area contributed by atoms with Crippen LogP contribution in [0.3, 0.4) is 0 Å². The highest BCUT2D eigenvalue weighted by atomic mass is 16.6. The van der Waals surface area contributed by atoms with Gasteiger partial charge in [-0.3, -0.25) is 14.4 Å². The van der Waals surface area contributed by atoms with E-state index in [1.54, 1.807) is 0 Å². The third-order valence-corrected chi connectivity index (χ3v) is 11.6. The summed E-state index contributed by atoms with van der Waals surface area (Å²) in [6, 6.07) is 0. The van der Waals surface area contributed by atoms with Gasteiger partial charge in [0.1, 0.15) is 13.2 Å². The molecular weight excluding hydrogens is 697 g/mol. The zero-order valence-corrected chi connectivity index (χ0v) is 37.7. The van der Waals surface area contributed by atoms with E-state index in [9.17, 15) is 14.4 Å². The number of hydrogen-bond acceptors (Lipinski definition) is 6. The third-order valence-electron chi connectivity index (χ3n) is 11.6. The fourth-order valence-corrected chi connectivity index (χ4v) is 7.77. The number of carbonyl (C=O) groups excluding carboxylic acids is 3. The molecule has 0 amide bonds. The number of ether oxygens (including phenoxy) is 3. The topological polar surface area (TPSA) is 78.9 Å². The van der Waals surface area contributed by atoms with Crippen LogP contribution in [-0.2, 0) is 28.6 Å². The van der Waals surface area contributed by atoms with Crippen molar-refractivity contribution < 1.29 is 28.6 Å². The van der Waals surface area contributed by atoms with E-state index in [0.717, 1.165) is 38.5 Å². The van der Waals surface area contributed by atoms with E-state index in [1.165, 1.54) is 218 Å². The number of unbranched alkanes of at least 4 members (excludes halogenated alkanes) is 38. The molecule has 0 unspecified atom stereocenters. The van der Waals surface area contributed by atoms with E-state index in [1.807, 2.05) is 0 Å². The minimum absolute atomic E-state index is 0.0800. The summed E-state index contributed by atoms with van der Waals surface area (Å²) < 4.78 is 15.6. The van der Waals surface area contributed by atoms with Crippen LogP contribution in [0.25, 0.3) is 0 Å². The summed E-state index contributed by atoms with van der Waals surface area (Å²) in [4.78, 5) is 35.4. The average molecular weight is 793 g/mol. The molecule has 0 fully saturated rings. The van der Waals surface area contributed by atoms with Crippen LogP contribution >= 0.6 is 0 Å². The van der Waals surface area contributed by atoms with Gasteiger partial charge in [-0.15, -0.1) is 0 Å². The molecule has 0 saturated heterocycles. The maximum Gasteiger partial charge on any atom is 0.305 e. The number of hydrogen-bond donors (Lipinski definition) is 0. The molecule has 6 heteroatoms. The molecule has 6 nitrogen and oxygen atoms in total. The van der Waals surface area contributed by atoms with Crippen LogP contribution in [0.1, 0.15) is 284 Å². The predicted molar refractivity (Wildman–Crippen MR) is 238 cm³/mol. The molecule has 0 aliphatic heterocycles. The van der Waals surface area contributed by atoms with Gasteiger partial charge in [0.2, 0.25) is 0 Å². The first-order valence-electron chi connectivity index (χ1n) is 25.0. The fourth-order valence-electron chi connectivity index (χ4n) is 7.77. The zero-order chi connectivity index (χ0) is 40.7. The highest BCUT2D eigenvalue weighted by molar-refractivity contribution is 5.69. The first-order chi connectivity index (χ1) is 27.6. The first kappa shape index (κ1) is 54.4. The molecule has 332 valence electrons. The van der Waals surface area contributed by atoms with Crippen LogP contribution in [0.2, 0.25) is 0 Å². The molecular formula is C50H96O6. The highest BCUT2D eigenvalue weighted by Gasteiger charge is 2.16. The van der Waals surface area contributed by atoms with Gasteiger partial charge >= 0.3 is 11.9 Å². The monoisotopic (exact) mass is 793 g/mol. The molecule has 0 atom stereocenters. The number of rotatable bonds is 48. The Kier molecular flexibility index (Phi) is 46.4. The minimum Gasteiger partial charge on any atom is -0.462 e. The van der Waals surface area contributed by atoms with E-state index in [-0.39, 0.29) is 25.2 Å². The lowest BCUT2D eigenvalue weighted by atomic mass is 10.0. The van der Waals surface area contributed by atoms with Gasteiger partial charge in [0.05, 0.1) is 0 Å². The molecule has 0 aromatic rings. The maximum atomic E-state index is 12.2.